The third-order valence-corrected chi connectivity index (χ3v) is 2.42. The summed E-state index contributed by atoms with van der Waals surface area (Å²) in [5, 5.41) is 3.22. The standard InChI is InChI=1S/C14H26N4O/c1-10(2)9-19-7-6-16-12-8-11(15)17-13(18-12)14(3,4)5/h8,10H,6-7,9H2,1-5H3,(H3,15,16,17,18). The van der Waals surface area contributed by atoms with E-state index in [0.29, 0.717) is 24.9 Å². The molecule has 0 saturated carbocycles. The molecule has 0 saturated heterocycles. The van der Waals surface area contributed by atoms with Crippen LogP contribution in [0.2, 0.25) is 0 Å². The van der Waals surface area contributed by atoms with Crippen molar-refractivity contribution >= 4 is 11.6 Å². The fourth-order valence-corrected chi connectivity index (χ4v) is 1.46. The van der Waals surface area contributed by atoms with E-state index in [4.69, 9.17) is 10.5 Å². The largest absolute Gasteiger partial charge is 0.384 e. The van der Waals surface area contributed by atoms with E-state index in [-0.39, 0.29) is 5.41 Å². The molecule has 1 aromatic heterocycles. The summed E-state index contributed by atoms with van der Waals surface area (Å²) in [6, 6.07) is 1.75. The number of nitrogens with zero attached hydrogens (tertiary/aromatic N) is 2. The van der Waals surface area contributed by atoms with E-state index < -0.39 is 0 Å². The Bertz CT molecular complexity index is 399. The summed E-state index contributed by atoms with van der Waals surface area (Å²) >= 11 is 0. The predicted molar refractivity (Wildman–Crippen MR) is 79.3 cm³/mol. The van der Waals surface area contributed by atoms with Crippen molar-refractivity contribution in [1.82, 2.24) is 9.97 Å². The summed E-state index contributed by atoms with van der Waals surface area (Å²) in [5.74, 6) is 2.55. The van der Waals surface area contributed by atoms with E-state index in [9.17, 15) is 0 Å². The molecule has 0 aliphatic rings. The van der Waals surface area contributed by atoms with Crippen molar-refractivity contribution in [2.75, 3.05) is 30.8 Å². The molecule has 19 heavy (non-hydrogen) atoms. The Balaban J connectivity index is 2.52. The molecule has 0 unspecified atom stereocenters. The number of hydrogen-bond acceptors (Lipinski definition) is 5. The van der Waals surface area contributed by atoms with Gasteiger partial charge in [0.1, 0.15) is 17.5 Å². The molecular weight excluding hydrogens is 240 g/mol. The minimum Gasteiger partial charge on any atom is -0.384 e. The van der Waals surface area contributed by atoms with Gasteiger partial charge in [0, 0.05) is 24.6 Å². The lowest BCUT2D eigenvalue weighted by Crippen LogP contribution is -2.19. The quantitative estimate of drug-likeness (QED) is 0.774. The van der Waals surface area contributed by atoms with Gasteiger partial charge in [-0.1, -0.05) is 34.6 Å². The lowest BCUT2D eigenvalue weighted by Gasteiger charge is -2.18. The molecule has 1 aromatic rings. The number of ether oxygens (including phenoxy) is 1. The molecule has 1 rings (SSSR count). The van der Waals surface area contributed by atoms with Gasteiger partial charge in [0.05, 0.1) is 6.61 Å². The minimum atomic E-state index is -0.111. The average molecular weight is 266 g/mol. The Labute approximate surface area is 116 Å². The maximum atomic E-state index is 5.80. The highest BCUT2D eigenvalue weighted by Gasteiger charge is 2.18. The van der Waals surface area contributed by atoms with E-state index in [2.05, 4.69) is 49.9 Å². The Morgan fingerprint density at radius 3 is 2.58 bits per heavy atom. The van der Waals surface area contributed by atoms with Crippen molar-refractivity contribution in [3.8, 4) is 0 Å². The number of anilines is 2. The van der Waals surface area contributed by atoms with E-state index in [1.54, 1.807) is 6.07 Å². The Hall–Kier alpha value is -1.36. The lowest BCUT2D eigenvalue weighted by atomic mass is 9.96. The van der Waals surface area contributed by atoms with E-state index in [0.717, 1.165) is 18.2 Å². The molecule has 1 heterocycles. The number of hydrogen-bond donors (Lipinski definition) is 2. The van der Waals surface area contributed by atoms with Crippen LogP contribution in [0.25, 0.3) is 0 Å². The number of nitrogen functional groups attached to an aromatic ring is 1. The van der Waals surface area contributed by atoms with Crippen molar-refractivity contribution in [3.63, 3.8) is 0 Å². The highest BCUT2D eigenvalue weighted by Crippen LogP contribution is 2.20. The molecule has 0 aliphatic carbocycles. The molecule has 0 spiro atoms. The van der Waals surface area contributed by atoms with Gasteiger partial charge in [0.15, 0.2) is 0 Å². The van der Waals surface area contributed by atoms with E-state index in [1.807, 2.05) is 0 Å². The molecule has 0 amide bonds. The third-order valence-electron chi connectivity index (χ3n) is 2.42. The van der Waals surface area contributed by atoms with E-state index >= 15 is 0 Å². The second kappa shape index (κ2) is 6.70. The van der Waals surface area contributed by atoms with Gasteiger partial charge in [-0.05, 0) is 5.92 Å². The van der Waals surface area contributed by atoms with Gasteiger partial charge >= 0.3 is 0 Å². The first-order chi connectivity index (χ1) is 8.79. The summed E-state index contributed by atoms with van der Waals surface area (Å²) < 4.78 is 5.51. The van der Waals surface area contributed by atoms with Crippen molar-refractivity contribution in [2.45, 2.75) is 40.0 Å². The Morgan fingerprint density at radius 1 is 1.32 bits per heavy atom. The molecule has 0 bridgehead atoms. The summed E-state index contributed by atoms with van der Waals surface area (Å²) in [6.07, 6.45) is 0. The van der Waals surface area contributed by atoms with Crippen molar-refractivity contribution in [1.29, 1.82) is 0 Å². The highest BCUT2D eigenvalue weighted by molar-refractivity contribution is 5.45. The fourth-order valence-electron chi connectivity index (χ4n) is 1.46. The zero-order valence-electron chi connectivity index (χ0n) is 12.7. The molecule has 5 heteroatoms. The van der Waals surface area contributed by atoms with Crippen LogP contribution in [0.4, 0.5) is 11.6 Å². The minimum absolute atomic E-state index is 0.111. The molecule has 0 radical (unpaired) electrons. The topological polar surface area (TPSA) is 73.1 Å². The maximum absolute atomic E-state index is 5.80. The maximum Gasteiger partial charge on any atom is 0.138 e. The summed E-state index contributed by atoms with van der Waals surface area (Å²) in [7, 11) is 0. The Morgan fingerprint density at radius 2 is 2.00 bits per heavy atom. The molecule has 0 atom stereocenters. The van der Waals surface area contributed by atoms with Crippen molar-refractivity contribution < 1.29 is 4.74 Å². The lowest BCUT2D eigenvalue weighted by molar-refractivity contribution is 0.118. The normalized spacial score (nSPS) is 11.9. The van der Waals surface area contributed by atoms with Crippen LogP contribution in [0.1, 0.15) is 40.4 Å². The zero-order chi connectivity index (χ0) is 14.5. The second-order valence-corrected chi connectivity index (χ2v) is 6.15. The Kier molecular flexibility index (Phi) is 5.54. The van der Waals surface area contributed by atoms with Crippen LogP contribution in [0.15, 0.2) is 6.07 Å². The molecule has 0 aliphatic heterocycles. The first-order valence-corrected chi connectivity index (χ1v) is 6.75. The number of aromatic nitrogens is 2. The summed E-state index contributed by atoms with van der Waals surface area (Å²) in [5.41, 5.74) is 5.69. The molecule has 108 valence electrons. The van der Waals surface area contributed by atoms with Gasteiger partial charge in [-0.2, -0.15) is 0 Å². The van der Waals surface area contributed by atoms with Crippen LogP contribution < -0.4 is 11.1 Å². The van der Waals surface area contributed by atoms with Gasteiger partial charge in [-0.25, -0.2) is 9.97 Å². The molecule has 3 N–H and O–H groups in total. The smallest absolute Gasteiger partial charge is 0.138 e. The van der Waals surface area contributed by atoms with Crippen LogP contribution in [0.5, 0.6) is 0 Å². The van der Waals surface area contributed by atoms with Gasteiger partial charge in [0.25, 0.3) is 0 Å². The monoisotopic (exact) mass is 266 g/mol. The third kappa shape index (κ3) is 5.87. The highest BCUT2D eigenvalue weighted by atomic mass is 16.5. The van der Waals surface area contributed by atoms with Gasteiger partial charge in [-0.15, -0.1) is 0 Å². The fraction of sp³-hybridized carbons (Fsp3) is 0.714. The van der Waals surface area contributed by atoms with Crippen LogP contribution in [0, 0.1) is 5.92 Å². The number of nitrogens with one attached hydrogen (secondary N) is 1. The number of nitrogens with two attached hydrogens (primary N) is 1. The van der Waals surface area contributed by atoms with Gasteiger partial charge in [0.2, 0.25) is 0 Å². The summed E-state index contributed by atoms with van der Waals surface area (Å²) in [6.45, 7) is 12.6. The summed E-state index contributed by atoms with van der Waals surface area (Å²) in [4.78, 5) is 8.75. The van der Waals surface area contributed by atoms with Gasteiger partial charge in [-0.3, -0.25) is 0 Å². The SMILES string of the molecule is CC(C)COCCNc1cc(N)nc(C(C)(C)C)n1. The number of rotatable bonds is 6. The first kappa shape index (κ1) is 15.7. The first-order valence-electron chi connectivity index (χ1n) is 6.75. The van der Waals surface area contributed by atoms with E-state index in [1.165, 1.54) is 0 Å². The molecule has 0 aromatic carbocycles. The van der Waals surface area contributed by atoms with Crippen LogP contribution in [-0.2, 0) is 10.2 Å². The second-order valence-electron chi connectivity index (χ2n) is 6.15. The van der Waals surface area contributed by atoms with Gasteiger partial charge < -0.3 is 15.8 Å². The predicted octanol–water partition coefficient (Wildman–Crippen LogP) is 2.44. The van der Waals surface area contributed by atoms with Crippen molar-refractivity contribution in [3.05, 3.63) is 11.9 Å². The van der Waals surface area contributed by atoms with Crippen LogP contribution >= 0.6 is 0 Å². The molecular formula is C14H26N4O. The molecule has 5 nitrogen and oxygen atoms in total. The van der Waals surface area contributed by atoms with Crippen LogP contribution in [0.3, 0.4) is 0 Å². The van der Waals surface area contributed by atoms with Crippen LogP contribution in [-0.4, -0.2) is 29.7 Å². The zero-order valence-corrected chi connectivity index (χ0v) is 12.7. The average Bonchev–Trinajstić information content (AvgIpc) is 2.26. The van der Waals surface area contributed by atoms with Crippen molar-refractivity contribution in [2.24, 2.45) is 5.92 Å². The molecule has 0 fully saturated rings.